The van der Waals surface area contributed by atoms with E-state index < -0.39 is 35.6 Å². The van der Waals surface area contributed by atoms with Crippen LogP contribution in [0.4, 0.5) is 17.6 Å². The Hall–Kier alpha value is -2.57. The van der Waals surface area contributed by atoms with Crippen LogP contribution in [0.3, 0.4) is 0 Å². The van der Waals surface area contributed by atoms with Crippen LogP contribution in [0.2, 0.25) is 0 Å². The normalized spacial score (nSPS) is 17.6. The molecule has 1 aromatic heterocycles. The van der Waals surface area contributed by atoms with Crippen LogP contribution in [0, 0.1) is 16.7 Å². The van der Waals surface area contributed by atoms with E-state index in [-0.39, 0.29) is 25.9 Å². The monoisotopic (exact) mass is 346 g/mol. The maximum Gasteiger partial charge on any atom is 0.324 e. The minimum Gasteiger partial charge on any atom is -0.480 e. The van der Waals surface area contributed by atoms with Gasteiger partial charge in [-0.2, -0.15) is 10.4 Å². The first-order valence-electron chi connectivity index (χ1n) is 7.02. The third-order valence-corrected chi connectivity index (χ3v) is 3.92. The van der Waals surface area contributed by atoms with Gasteiger partial charge in [-0.15, -0.1) is 0 Å². The molecule has 0 saturated carbocycles. The highest BCUT2D eigenvalue weighted by Crippen LogP contribution is 2.31. The Kier molecular flexibility index (Phi) is 5.11. The molecule has 0 amide bonds. The van der Waals surface area contributed by atoms with Crippen molar-refractivity contribution in [2.45, 2.75) is 25.7 Å². The molecular formula is C14H14F4N4O2. The van der Waals surface area contributed by atoms with Crippen LogP contribution in [0.15, 0.2) is 12.3 Å². The molecule has 0 aliphatic carbocycles. The van der Waals surface area contributed by atoms with Crippen LogP contribution >= 0.6 is 0 Å². The van der Waals surface area contributed by atoms with Gasteiger partial charge in [0.05, 0.1) is 6.07 Å². The van der Waals surface area contributed by atoms with Gasteiger partial charge in [-0.25, -0.2) is 22.2 Å². The van der Waals surface area contributed by atoms with Crippen molar-refractivity contribution in [1.29, 1.82) is 5.26 Å². The number of alkyl halides is 4. The molecule has 0 unspecified atom stereocenters. The predicted molar refractivity (Wildman–Crippen MR) is 74.0 cm³/mol. The Morgan fingerprint density at radius 3 is 2.38 bits per heavy atom. The lowest BCUT2D eigenvalue weighted by molar-refractivity contribution is -0.147. The van der Waals surface area contributed by atoms with E-state index in [0.717, 1.165) is 6.20 Å². The summed E-state index contributed by atoms with van der Waals surface area (Å²) in [5, 5.41) is 21.5. The summed E-state index contributed by atoms with van der Waals surface area (Å²) in [4.78, 5) is 12.8. The van der Waals surface area contributed by atoms with Crippen molar-refractivity contribution >= 4 is 12.2 Å². The van der Waals surface area contributed by atoms with Crippen molar-refractivity contribution in [2.24, 2.45) is 5.41 Å². The van der Waals surface area contributed by atoms with E-state index in [1.807, 2.05) is 0 Å². The van der Waals surface area contributed by atoms with Gasteiger partial charge in [-0.1, -0.05) is 0 Å². The maximum atomic E-state index is 12.9. The standard InChI is InChI=1S/C14H14F4N4O2/c15-11(16)9-7-10(12(17)18)22(20-9)6-5-21-3-1-14(8-19,2-4-21)13(23)24/h5-7,11-12H,1-4H2,(H,23,24). The number of halogens is 4. The molecule has 1 aliphatic rings. The highest BCUT2D eigenvalue weighted by atomic mass is 19.3. The molecule has 1 aliphatic heterocycles. The Balaban J connectivity index is 2.10. The molecule has 2 heterocycles. The fourth-order valence-electron chi connectivity index (χ4n) is 2.40. The van der Waals surface area contributed by atoms with Gasteiger partial charge in [0.15, 0.2) is 5.41 Å². The van der Waals surface area contributed by atoms with E-state index in [2.05, 4.69) is 5.10 Å². The average molecular weight is 346 g/mol. The molecule has 0 spiro atoms. The summed E-state index contributed by atoms with van der Waals surface area (Å²) in [6.45, 7) is 0.451. The summed E-state index contributed by atoms with van der Waals surface area (Å²) < 4.78 is 51.5. The third kappa shape index (κ3) is 3.50. The molecule has 6 nitrogen and oxygen atoms in total. The van der Waals surface area contributed by atoms with Crippen molar-refractivity contribution in [3.05, 3.63) is 23.7 Å². The first-order chi connectivity index (χ1) is 11.3. The van der Waals surface area contributed by atoms with Gasteiger partial charge in [-0.05, 0) is 18.9 Å². The molecule has 0 radical (unpaired) electrons. The molecule has 2 rings (SSSR count). The number of carboxylic acids is 1. The lowest BCUT2D eigenvalue weighted by Crippen LogP contribution is -2.41. The van der Waals surface area contributed by atoms with E-state index in [1.54, 1.807) is 11.0 Å². The SMILES string of the molecule is N#CC1(C(=O)O)CCN(C=Cn2nc(C(F)F)cc2C(F)F)CC1. The molecule has 1 saturated heterocycles. The van der Waals surface area contributed by atoms with Crippen molar-refractivity contribution in [2.75, 3.05) is 13.1 Å². The summed E-state index contributed by atoms with van der Waals surface area (Å²) >= 11 is 0. The largest absolute Gasteiger partial charge is 0.480 e. The number of piperidine rings is 1. The summed E-state index contributed by atoms with van der Waals surface area (Å²) in [6, 6.07) is 2.44. The van der Waals surface area contributed by atoms with Crippen molar-refractivity contribution < 1.29 is 27.5 Å². The molecule has 130 valence electrons. The molecule has 1 N–H and O–H groups in total. The third-order valence-electron chi connectivity index (χ3n) is 3.92. The Morgan fingerprint density at radius 1 is 1.29 bits per heavy atom. The van der Waals surface area contributed by atoms with Crippen molar-refractivity contribution in [1.82, 2.24) is 14.7 Å². The first kappa shape index (κ1) is 17.8. The smallest absolute Gasteiger partial charge is 0.324 e. The van der Waals surface area contributed by atoms with Gasteiger partial charge in [0.25, 0.3) is 12.9 Å². The molecule has 1 aromatic rings. The van der Waals surface area contributed by atoms with Gasteiger partial charge in [-0.3, -0.25) is 4.79 Å². The van der Waals surface area contributed by atoms with Gasteiger partial charge < -0.3 is 10.0 Å². The van der Waals surface area contributed by atoms with E-state index >= 15 is 0 Å². The molecule has 10 heteroatoms. The number of aliphatic carboxylic acids is 1. The molecule has 0 atom stereocenters. The van der Waals surface area contributed by atoms with Gasteiger partial charge in [0.1, 0.15) is 11.4 Å². The molecule has 24 heavy (non-hydrogen) atoms. The predicted octanol–water partition coefficient (Wildman–Crippen LogP) is 2.88. The number of aromatic nitrogens is 2. The van der Waals surface area contributed by atoms with Gasteiger partial charge >= 0.3 is 5.97 Å². The van der Waals surface area contributed by atoms with E-state index in [1.165, 1.54) is 6.20 Å². The number of rotatable bonds is 5. The number of carboxylic acid groups (broad SMARTS) is 1. The number of nitrogens with zero attached hydrogens (tertiary/aromatic N) is 4. The van der Waals surface area contributed by atoms with Crippen LogP contribution in [0.5, 0.6) is 0 Å². The van der Waals surface area contributed by atoms with Crippen LogP contribution in [-0.4, -0.2) is 38.8 Å². The minimum absolute atomic E-state index is 0.0757. The van der Waals surface area contributed by atoms with Gasteiger partial charge in [0, 0.05) is 25.5 Å². The Morgan fingerprint density at radius 2 is 1.92 bits per heavy atom. The van der Waals surface area contributed by atoms with Crippen LogP contribution in [0.1, 0.15) is 37.1 Å². The lowest BCUT2D eigenvalue weighted by atomic mass is 9.80. The van der Waals surface area contributed by atoms with Crippen LogP contribution in [-0.2, 0) is 4.79 Å². The zero-order valence-corrected chi connectivity index (χ0v) is 12.4. The fourth-order valence-corrected chi connectivity index (χ4v) is 2.40. The Bertz CT molecular complexity index is 673. The van der Waals surface area contributed by atoms with E-state index in [4.69, 9.17) is 10.4 Å². The second-order valence-corrected chi connectivity index (χ2v) is 5.37. The van der Waals surface area contributed by atoms with Crippen molar-refractivity contribution in [3.8, 4) is 6.07 Å². The molecule has 0 aromatic carbocycles. The van der Waals surface area contributed by atoms with Crippen LogP contribution < -0.4 is 0 Å². The average Bonchev–Trinajstić information content (AvgIpc) is 2.98. The molecular weight excluding hydrogens is 332 g/mol. The van der Waals surface area contributed by atoms with E-state index in [9.17, 15) is 22.4 Å². The maximum absolute atomic E-state index is 12.9. The summed E-state index contributed by atoms with van der Waals surface area (Å²) in [5.41, 5.74) is -2.86. The number of likely N-dealkylation sites (tertiary alicyclic amines) is 1. The number of hydrogen-bond acceptors (Lipinski definition) is 4. The molecule has 1 fully saturated rings. The number of carbonyl (C=O) groups is 1. The Labute approximate surface area is 134 Å². The summed E-state index contributed by atoms with van der Waals surface area (Å²) in [7, 11) is 0. The zero-order valence-electron chi connectivity index (χ0n) is 12.4. The lowest BCUT2D eigenvalue weighted by Gasteiger charge is -2.33. The fraction of sp³-hybridized carbons (Fsp3) is 0.500. The van der Waals surface area contributed by atoms with E-state index in [0.29, 0.717) is 10.7 Å². The summed E-state index contributed by atoms with van der Waals surface area (Å²) in [6.07, 6.45) is -3.28. The first-order valence-corrected chi connectivity index (χ1v) is 7.02. The topological polar surface area (TPSA) is 82.1 Å². The quantitative estimate of drug-likeness (QED) is 0.829. The highest BCUT2D eigenvalue weighted by Gasteiger charge is 2.41. The van der Waals surface area contributed by atoms with Crippen molar-refractivity contribution in [3.63, 3.8) is 0 Å². The van der Waals surface area contributed by atoms with Gasteiger partial charge in [0.2, 0.25) is 0 Å². The highest BCUT2D eigenvalue weighted by molar-refractivity contribution is 5.78. The minimum atomic E-state index is -2.96. The second-order valence-electron chi connectivity index (χ2n) is 5.37. The summed E-state index contributed by atoms with van der Waals surface area (Å²) in [5.74, 6) is -1.19. The second kappa shape index (κ2) is 6.90. The number of nitriles is 1. The van der Waals surface area contributed by atoms with Crippen LogP contribution in [0.25, 0.3) is 6.20 Å². The zero-order chi connectivity index (χ0) is 17.9. The molecule has 0 bridgehead atoms. The number of hydrogen-bond donors (Lipinski definition) is 1.